The van der Waals surface area contributed by atoms with E-state index in [1.54, 1.807) is 11.1 Å². The molecular weight excluding hydrogens is 306 g/mol. The van der Waals surface area contributed by atoms with Gasteiger partial charge in [0.25, 0.3) is 0 Å². The number of imidazole rings is 1. The molecule has 0 aliphatic heterocycles. The molecule has 1 aromatic heterocycles. The lowest BCUT2D eigenvalue weighted by Gasteiger charge is -2.20. The van der Waals surface area contributed by atoms with Crippen molar-refractivity contribution in [1.29, 1.82) is 0 Å². The summed E-state index contributed by atoms with van der Waals surface area (Å²) in [5.74, 6) is 0.929. The summed E-state index contributed by atoms with van der Waals surface area (Å²) >= 11 is 0. The van der Waals surface area contributed by atoms with Crippen molar-refractivity contribution < 1.29 is 0 Å². The van der Waals surface area contributed by atoms with E-state index in [2.05, 4.69) is 52.5 Å². The first kappa shape index (κ1) is 16.1. The van der Waals surface area contributed by atoms with E-state index in [-0.39, 0.29) is 0 Å². The van der Waals surface area contributed by atoms with E-state index in [0.717, 1.165) is 23.6 Å². The number of aryl methyl sites for hydroxylation is 2. The number of aromatic nitrogens is 2. The van der Waals surface area contributed by atoms with Gasteiger partial charge in [0.05, 0.1) is 0 Å². The lowest BCUT2D eigenvalue weighted by molar-refractivity contribution is 0.567. The van der Waals surface area contributed by atoms with Crippen LogP contribution in [0.5, 0.6) is 0 Å². The van der Waals surface area contributed by atoms with Crippen LogP contribution in [0.1, 0.15) is 48.2 Å². The quantitative estimate of drug-likeness (QED) is 0.704. The van der Waals surface area contributed by atoms with E-state index in [1.807, 2.05) is 24.4 Å². The minimum atomic E-state index is 0.329. The lowest BCUT2D eigenvalue weighted by atomic mass is 9.89. The van der Waals surface area contributed by atoms with Gasteiger partial charge in [-0.2, -0.15) is 0 Å². The van der Waals surface area contributed by atoms with Gasteiger partial charge in [-0.3, -0.25) is 0 Å². The second kappa shape index (κ2) is 7.24. The molecule has 1 heterocycles. The summed E-state index contributed by atoms with van der Waals surface area (Å²) in [5.41, 5.74) is 6.71. The van der Waals surface area contributed by atoms with Crippen molar-refractivity contribution in [2.45, 2.75) is 45.2 Å². The average molecular weight is 331 g/mol. The third-order valence-corrected chi connectivity index (χ3v) is 5.15. The van der Waals surface area contributed by atoms with Crippen LogP contribution >= 0.6 is 0 Å². The minimum Gasteiger partial charge on any atom is -0.341 e. The Morgan fingerprint density at radius 2 is 1.84 bits per heavy atom. The molecule has 0 spiro atoms. The highest BCUT2D eigenvalue weighted by Crippen LogP contribution is 2.25. The highest BCUT2D eigenvalue weighted by atomic mass is 15.0. The Kier molecular flexibility index (Phi) is 4.66. The molecule has 0 saturated carbocycles. The Morgan fingerprint density at radius 1 is 1.04 bits per heavy atom. The maximum Gasteiger partial charge on any atom is 0.137 e. The number of benzene rings is 2. The number of aromatic amines is 1. The number of H-pyrrole nitrogens is 1. The van der Waals surface area contributed by atoms with E-state index in [1.165, 1.54) is 31.2 Å². The Labute approximate surface area is 149 Å². The zero-order valence-corrected chi connectivity index (χ0v) is 14.8. The van der Waals surface area contributed by atoms with Gasteiger partial charge in [-0.25, -0.2) is 4.98 Å². The average Bonchev–Trinajstić information content (AvgIpc) is 3.15. The van der Waals surface area contributed by atoms with Crippen molar-refractivity contribution in [3.8, 4) is 11.4 Å². The van der Waals surface area contributed by atoms with Crippen LogP contribution in [0, 0.1) is 0 Å². The molecule has 2 aromatic carbocycles. The molecule has 3 aromatic rings. The molecular formula is C22H25N3. The second-order valence-electron chi connectivity index (χ2n) is 6.96. The van der Waals surface area contributed by atoms with Crippen LogP contribution in [0.15, 0.2) is 54.7 Å². The predicted molar refractivity (Wildman–Crippen MR) is 102 cm³/mol. The molecule has 25 heavy (non-hydrogen) atoms. The molecule has 0 bridgehead atoms. The molecule has 2 N–H and O–H groups in total. The molecule has 128 valence electrons. The summed E-state index contributed by atoms with van der Waals surface area (Å²) in [7, 11) is 0. The highest BCUT2D eigenvalue weighted by Gasteiger charge is 2.12. The molecule has 1 aliphatic carbocycles. The summed E-state index contributed by atoms with van der Waals surface area (Å²) in [5, 5.41) is 3.62. The number of fused-ring (bicyclic) bond motifs is 1. The van der Waals surface area contributed by atoms with Crippen molar-refractivity contribution in [1.82, 2.24) is 15.3 Å². The van der Waals surface area contributed by atoms with Gasteiger partial charge in [0.2, 0.25) is 0 Å². The van der Waals surface area contributed by atoms with Crippen LogP contribution in [0.25, 0.3) is 11.4 Å². The van der Waals surface area contributed by atoms with Gasteiger partial charge in [-0.15, -0.1) is 0 Å². The first-order chi connectivity index (χ1) is 12.3. The molecule has 4 rings (SSSR count). The number of hydrogen-bond donors (Lipinski definition) is 2. The van der Waals surface area contributed by atoms with E-state index >= 15 is 0 Å². The molecule has 3 heteroatoms. The largest absolute Gasteiger partial charge is 0.341 e. The van der Waals surface area contributed by atoms with Gasteiger partial charge in [-0.1, -0.05) is 48.5 Å². The van der Waals surface area contributed by atoms with E-state index in [4.69, 9.17) is 0 Å². The van der Waals surface area contributed by atoms with Crippen molar-refractivity contribution in [3.63, 3.8) is 0 Å². The fraction of sp³-hybridized carbons (Fsp3) is 0.318. The van der Waals surface area contributed by atoms with Gasteiger partial charge in [-0.05, 0) is 49.3 Å². The number of hydrogen-bond acceptors (Lipinski definition) is 2. The van der Waals surface area contributed by atoms with Gasteiger partial charge in [0.1, 0.15) is 5.82 Å². The van der Waals surface area contributed by atoms with Gasteiger partial charge < -0.3 is 10.3 Å². The smallest absolute Gasteiger partial charge is 0.137 e. The van der Waals surface area contributed by atoms with Gasteiger partial charge in [0.15, 0.2) is 0 Å². The zero-order chi connectivity index (χ0) is 17.1. The second-order valence-corrected chi connectivity index (χ2v) is 6.96. The monoisotopic (exact) mass is 331 g/mol. The lowest BCUT2D eigenvalue weighted by Crippen LogP contribution is -2.19. The predicted octanol–water partition coefficient (Wildman–Crippen LogP) is 4.81. The molecule has 0 saturated heterocycles. The van der Waals surface area contributed by atoms with Gasteiger partial charge >= 0.3 is 0 Å². The normalized spacial score (nSPS) is 14.9. The Hall–Kier alpha value is -2.39. The van der Waals surface area contributed by atoms with Crippen LogP contribution in [0.3, 0.4) is 0 Å². The number of nitrogens with zero attached hydrogens (tertiary/aromatic N) is 1. The van der Waals surface area contributed by atoms with Crippen molar-refractivity contribution in [2.24, 2.45) is 0 Å². The van der Waals surface area contributed by atoms with Crippen LogP contribution < -0.4 is 5.32 Å². The van der Waals surface area contributed by atoms with Crippen molar-refractivity contribution in [3.05, 3.63) is 77.1 Å². The Balaban J connectivity index is 1.40. The van der Waals surface area contributed by atoms with E-state index < -0.39 is 0 Å². The summed E-state index contributed by atoms with van der Waals surface area (Å²) in [6.45, 7) is 3.02. The van der Waals surface area contributed by atoms with Crippen molar-refractivity contribution >= 4 is 0 Å². The molecule has 0 fully saturated rings. The Bertz CT molecular complexity index is 835. The Morgan fingerprint density at radius 3 is 2.68 bits per heavy atom. The van der Waals surface area contributed by atoms with Gasteiger partial charge in [0, 0.05) is 30.0 Å². The summed E-state index contributed by atoms with van der Waals surface area (Å²) in [6.07, 6.45) is 7.07. The van der Waals surface area contributed by atoms with Crippen LogP contribution in [0.4, 0.5) is 0 Å². The molecule has 0 unspecified atom stereocenters. The van der Waals surface area contributed by atoms with Crippen LogP contribution in [-0.2, 0) is 19.4 Å². The number of rotatable bonds is 5. The molecule has 1 aliphatic rings. The first-order valence-corrected chi connectivity index (χ1v) is 9.24. The standard InChI is InChI=1S/C22H25N3/c1-16(19-12-11-17-7-5-6-10-20(17)13-19)23-14-21-15-24-22(25-21)18-8-3-2-4-9-18/h2-4,8-9,11-13,15-16,23H,5-7,10,14H2,1H3,(H,24,25)/t16-/m1/s1. The maximum absolute atomic E-state index is 4.50. The summed E-state index contributed by atoms with van der Waals surface area (Å²) < 4.78 is 0. The first-order valence-electron chi connectivity index (χ1n) is 9.24. The zero-order valence-electron chi connectivity index (χ0n) is 14.8. The van der Waals surface area contributed by atoms with E-state index in [0.29, 0.717) is 6.04 Å². The molecule has 3 nitrogen and oxygen atoms in total. The fourth-order valence-corrected chi connectivity index (χ4v) is 3.60. The molecule has 0 amide bonds. The summed E-state index contributed by atoms with van der Waals surface area (Å²) in [6, 6.07) is 17.6. The molecule has 1 atom stereocenters. The van der Waals surface area contributed by atoms with Crippen LogP contribution in [-0.4, -0.2) is 9.97 Å². The third-order valence-electron chi connectivity index (χ3n) is 5.15. The van der Waals surface area contributed by atoms with E-state index in [9.17, 15) is 0 Å². The van der Waals surface area contributed by atoms with Crippen LogP contribution in [0.2, 0.25) is 0 Å². The summed E-state index contributed by atoms with van der Waals surface area (Å²) in [4.78, 5) is 7.91. The van der Waals surface area contributed by atoms with Crippen molar-refractivity contribution in [2.75, 3.05) is 0 Å². The number of nitrogens with one attached hydrogen (secondary N) is 2. The topological polar surface area (TPSA) is 40.7 Å². The highest BCUT2D eigenvalue weighted by molar-refractivity contribution is 5.54. The fourth-order valence-electron chi connectivity index (χ4n) is 3.60. The SMILES string of the molecule is C[C@@H](NCc1cnc(-c2ccccc2)[nH]1)c1ccc2c(c1)CCCC2. The molecule has 0 radical (unpaired) electrons. The maximum atomic E-state index is 4.50. The minimum absolute atomic E-state index is 0.329. The third kappa shape index (κ3) is 3.67.